The van der Waals surface area contributed by atoms with Crippen LogP contribution in [0.2, 0.25) is 0 Å². The quantitative estimate of drug-likeness (QED) is 0.825. The standard InChI is InChI=1S/C11H14N4/c1-2-5-9-6-3-4-7-10(9)15-13-8-11(12)14-15/h3-4,6-8H,2,5H2,1H3,(H2,12,14). The first-order valence-corrected chi connectivity index (χ1v) is 5.07. The summed E-state index contributed by atoms with van der Waals surface area (Å²) in [6.45, 7) is 2.15. The van der Waals surface area contributed by atoms with E-state index >= 15 is 0 Å². The number of benzene rings is 1. The molecule has 1 aromatic heterocycles. The molecule has 0 fully saturated rings. The molecule has 78 valence electrons. The summed E-state index contributed by atoms with van der Waals surface area (Å²) in [6.07, 6.45) is 3.69. The summed E-state index contributed by atoms with van der Waals surface area (Å²) in [5, 5.41) is 8.22. The van der Waals surface area contributed by atoms with Crippen LogP contribution in [-0.4, -0.2) is 15.0 Å². The number of hydrogen-bond donors (Lipinski definition) is 1. The molecule has 15 heavy (non-hydrogen) atoms. The fourth-order valence-electron chi connectivity index (χ4n) is 1.58. The van der Waals surface area contributed by atoms with Gasteiger partial charge in [-0.2, -0.15) is 5.10 Å². The molecule has 2 aromatic rings. The van der Waals surface area contributed by atoms with E-state index in [1.54, 1.807) is 11.0 Å². The van der Waals surface area contributed by atoms with Gasteiger partial charge in [0.25, 0.3) is 0 Å². The summed E-state index contributed by atoms with van der Waals surface area (Å²) >= 11 is 0. The van der Waals surface area contributed by atoms with Gasteiger partial charge in [-0.05, 0) is 18.1 Å². The van der Waals surface area contributed by atoms with Gasteiger partial charge in [0.2, 0.25) is 0 Å². The number of nitrogens with two attached hydrogens (primary N) is 1. The molecule has 1 heterocycles. The van der Waals surface area contributed by atoms with Crippen LogP contribution < -0.4 is 5.73 Å². The van der Waals surface area contributed by atoms with E-state index in [0.717, 1.165) is 18.5 Å². The number of hydrogen-bond acceptors (Lipinski definition) is 3. The van der Waals surface area contributed by atoms with Crippen molar-refractivity contribution in [3.05, 3.63) is 36.0 Å². The summed E-state index contributed by atoms with van der Waals surface area (Å²) in [5.41, 5.74) is 7.80. The SMILES string of the molecule is CCCc1ccccc1-n1ncc(N)n1. The molecule has 2 rings (SSSR count). The van der Waals surface area contributed by atoms with Crippen molar-refractivity contribution >= 4 is 5.82 Å². The second-order valence-corrected chi connectivity index (χ2v) is 3.44. The van der Waals surface area contributed by atoms with Gasteiger partial charge in [-0.3, -0.25) is 0 Å². The topological polar surface area (TPSA) is 56.7 Å². The highest BCUT2D eigenvalue weighted by Crippen LogP contribution is 2.14. The minimum absolute atomic E-state index is 0.446. The third-order valence-corrected chi connectivity index (χ3v) is 2.24. The van der Waals surface area contributed by atoms with E-state index in [0.29, 0.717) is 5.82 Å². The Labute approximate surface area is 88.7 Å². The summed E-state index contributed by atoms with van der Waals surface area (Å²) in [4.78, 5) is 1.58. The lowest BCUT2D eigenvalue weighted by Gasteiger charge is -2.06. The first-order chi connectivity index (χ1) is 7.31. The second-order valence-electron chi connectivity index (χ2n) is 3.44. The average molecular weight is 202 g/mol. The molecule has 0 saturated carbocycles. The first-order valence-electron chi connectivity index (χ1n) is 5.07. The van der Waals surface area contributed by atoms with Crippen LogP contribution in [0.4, 0.5) is 5.82 Å². The van der Waals surface area contributed by atoms with Gasteiger partial charge in [-0.1, -0.05) is 31.5 Å². The van der Waals surface area contributed by atoms with Crippen LogP contribution in [0.1, 0.15) is 18.9 Å². The number of nitrogen functional groups attached to an aromatic ring is 1. The van der Waals surface area contributed by atoms with Crippen molar-refractivity contribution in [2.75, 3.05) is 5.73 Å². The average Bonchev–Trinajstić information content (AvgIpc) is 2.66. The Kier molecular flexibility index (Phi) is 2.67. The monoisotopic (exact) mass is 202 g/mol. The predicted molar refractivity (Wildman–Crippen MR) is 59.8 cm³/mol. The summed E-state index contributed by atoms with van der Waals surface area (Å²) < 4.78 is 0. The maximum Gasteiger partial charge on any atom is 0.166 e. The van der Waals surface area contributed by atoms with Gasteiger partial charge in [-0.15, -0.1) is 9.90 Å². The minimum Gasteiger partial charge on any atom is -0.381 e. The van der Waals surface area contributed by atoms with E-state index in [1.165, 1.54) is 5.56 Å². The number of aromatic nitrogens is 3. The highest BCUT2D eigenvalue weighted by Gasteiger charge is 2.05. The second kappa shape index (κ2) is 4.13. The van der Waals surface area contributed by atoms with Crippen molar-refractivity contribution in [3.8, 4) is 5.69 Å². The molecule has 0 aliphatic heterocycles. The maximum atomic E-state index is 5.55. The van der Waals surface area contributed by atoms with E-state index in [1.807, 2.05) is 18.2 Å². The highest BCUT2D eigenvalue weighted by atomic mass is 15.5. The number of para-hydroxylation sites is 1. The normalized spacial score (nSPS) is 10.5. The Morgan fingerprint density at radius 2 is 2.13 bits per heavy atom. The van der Waals surface area contributed by atoms with Gasteiger partial charge in [0.15, 0.2) is 5.82 Å². The number of nitrogens with zero attached hydrogens (tertiary/aromatic N) is 3. The van der Waals surface area contributed by atoms with Gasteiger partial charge < -0.3 is 5.73 Å². The molecular formula is C11H14N4. The third-order valence-electron chi connectivity index (χ3n) is 2.24. The number of rotatable bonds is 3. The van der Waals surface area contributed by atoms with Gasteiger partial charge in [-0.25, -0.2) is 0 Å². The lowest BCUT2D eigenvalue weighted by atomic mass is 10.1. The van der Waals surface area contributed by atoms with E-state index < -0.39 is 0 Å². The molecule has 0 aliphatic rings. The Balaban J connectivity index is 2.42. The van der Waals surface area contributed by atoms with Crippen LogP contribution in [0.25, 0.3) is 5.69 Å². The Hall–Kier alpha value is -1.84. The molecule has 0 aliphatic carbocycles. The van der Waals surface area contributed by atoms with Crippen LogP contribution in [0.3, 0.4) is 0 Å². The highest BCUT2D eigenvalue weighted by molar-refractivity contribution is 5.40. The molecule has 4 nitrogen and oxygen atoms in total. The van der Waals surface area contributed by atoms with Crippen molar-refractivity contribution in [1.29, 1.82) is 0 Å². The van der Waals surface area contributed by atoms with Crippen LogP contribution in [0.5, 0.6) is 0 Å². The predicted octanol–water partition coefficient (Wildman–Crippen LogP) is 1.80. The van der Waals surface area contributed by atoms with Crippen LogP contribution in [0, 0.1) is 0 Å². The fourth-order valence-corrected chi connectivity index (χ4v) is 1.58. The summed E-state index contributed by atoms with van der Waals surface area (Å²) in [7, 11) is 0. The maximum absolute atomic E-state index is 5.55. The Morgan fingerprint density at radius 3 is 2.80 bits per heavy atom. The van der Waals surface area contributed by atoms with Crippen molar-refractivity contribution < 1.29 is 0 Å². The largest absolute Gasteiger partial charge is 0.381 e. The van der Waals surface area contributed by atoms with Crippen molar-refractivity contribution in [3.63, 3.8) is 0 Å². The molecule has 0 bridgehead atoms. The smallest absolute Gasteiger partial charge is 0.166 e. The van der Waals surface area contributed by atoms with E-state index in [-0.39, 0.29) is 0 Å². The zero-order valence-electron chi connectivity index (χ0n) is 8.72. The summed E-state index contributed by atoms with van der Waals surface area (Å²) in [5.74, 6) is 0.446. The van der Waals surface area contributed by atoms with Crippen molar-refractivity contribution in [1.82, 2.24) is 15.0 Å². The van der Waals surface area contributed by atoms with Crippen LogP contribution >= 0.6 is 0 Å². The van der Waals surface area contributed by atoms with Crippen LogP contribution in [-0.2, 0) is 6.42 Å². The number of anilines is 1. The molecule has 0 saturated heterocycles. The van der Waals surface area contributed by atoms with Crippen LogP contribution in [0.15, 0.2) is 30.5 Å². The van der Waals surface area contributed by atoms with Gasteiger partial charge in [0, 0.05) is 0 Å². The molecule has 2 N–H and O–H groups in total. The van der Waals surface area contributed by atoms with Gasteiger partial charge in [0.1, 0.15) is 0 Å². The minimum atomic E-state index is 0.446. The Morgan fingerprint density at radius 1 is 1.33 bits per heavy atom. The molecule has 0 spiro atoms. The molecule has 0 unspecified atom stereocenters. The first kappa shape index (κ1) is 9.71. The molecule has 0 radical (unpaired) electrons. The zero-order chi connectivity index (χ0) is 10.7. The van der Waals surface area contributed by atoms with Crippen molar-refractivity contribution in [2.45, 2.75) is 19.8 Å². The van der Waals surface area contributed by atoms with E-state index in [9.17, 15) is 0 Å². The molecule has 4 heteroatoms. The third kappa shape index (κ3) is 1.98. The molecule has 1 aromatic carbocycles. The van der Waals surface area contributed by atoms with Crippen molar-refractivity contribution in [2.24, 2.45) is 0 Å². The molecule has 0 amide bonds. The van der Waals surface area contributed by atoms with E-state index in [2.05, 4.69) is 23.2 Å². The van der Waals surface area contributed by atoms with Gasteiger partial charge >= 0.3 is 0 Å². The Bertz CT molecular complexity index is 447. The summed E-state index contributed by atoms with van der Waals surface area (Å²) in [6, 6.07) is 8.11. The zero-order valence-corrected chi connectivity index (χ0v) is 8.72. The number of aryl methyl sites for hydroxylation is 1. The van der Waals surface area contributed by atoms with Gasteiger partial charge in [0.05, 0.1) is 11.9 Å². The fraction of sp³-hybridized carbons (Fsp3) is 0.273. The lowest BCUT2D eigenvalue weighted by molar-refractivity contribution is 0.739. The van der Waals surface area contributed by atoms with E-state index in [4.69, 9.17) is 5.73 Å². The molecular weight excluding hydrogens is 188 g/mol. The molecule has 0 atom stereocenters. The lowest BCUT2D eigenvalue weighted by Crippen LogP contribution is -2.03.